The van der Waals surface area contributed by atoms with Crippen molar-refractivity contribution in [2.24, 2.45) is 5.84 Å². The van der Waals surface area contributed by atoms with Gasteiger partial charge < -0.3 is 10.2 Å². The molecule has 0 unspecified atom stereocenters. The van der Waals surface area contributed by atoms with Gasteiger partial charge in [0.2, 0.25) is 0 Å². The average molecular weight is 228 g/mol. The maximum Gasteiger partial charge on any atom is 0.149 e. The van der Waals surface area contributed by atoms with E-state index < -0.39 is 0 Å². The largest absolute Gasteiger partial charge is 0.372 e. The van der Waals surface area contributed by atoms with E-state index in [0.717, 1.165) is 10.7 Å². The van der Waals surface area contributed by atoms with Crippen molar-refractivity contribution in [2.45, 2.75) is 44.8 Å². The minimum atomic E-state index is 0.395. The smallest absolute Gasteiger partial charge is 0.149 e. The number of hydrazine groups is 1. The van der Waals surface area contributed by atoms with Crippen LogP contribution in [0.5, 0.6) is 0 Å². The maximum atomic E-state index is 5.78. The number of hydrogen-bond acceptors (Lipinski definition) is 6. The van der Waals surface area contributed by atoms with Gasteiger partial charge in [0.05, 0.1) is 12.7 Å². The first-order valence-corrected chi connectivity index (χ1v) is 6.07. The van der Waals surface area contributed by atoms with Crippen molar-refractivity contribution in [3.8, 4) is 0 Å². The SMILES string of the molecule is NNc1snnc1COC1CCCCC1. The third-order valence-electron chi connectivity index (χ3n) is 2.69. The molecule has 15 heavy (non-hydrogen) atoms. The number of hydrogen-bond donors (Lipinski definition) is 2. The number of nitrogens with two attached hydrogens (primary N) is 1. The second-order valence-corrected chi connectivity index (χ2v) is 4.52. The summed E-state index contributed by atoms with van der Waals surface area (Å²) in [6, 6.07) is 0. The van der Waals surface area contributed by atoms with E-state index in [-0.39, 0.29) is 0 Å². The van der Waals surface area contributed by atoms with Gasteiger partial charge in [0.25, 0.3) is 0 Å². The molecule has 0 bridgehead atoms. The first-order chi connectivity index (χ1) is 7.40. The van der Waals surface area contributed by atoms with Gasteiger partial charge in [-0.15, -0.1) is 5.10 Å². The Morgan fingerprint density at radius 1 is 1.40 bits per heavy atom. The molecule has 1 heterocycles. The fourth-order valence-electron chi connectivity index (χ4n) is 1.84. The highest BCUT2D eigenvalue weighted by Gasteiger charge is 2.15. The zero-order valence-electron chi connectivity index (χ0n) is 8.61. The van der Waals surface area contributed by atoms with Gasteiger partial charge in [-0.25, -0.2) is 5.84 Å². The van der Waals surface area contributed by atoms with Crippen molar-refractivity contribution < 1.29 is 4.74 Å². The van der Waals surface area contributed by atoms with Crippen LogP contribution in [0.2, 0.25) is 0 Å². The van der Waals surface area contributed by atoms with Crippen molar-refractivity contribution in [1.82, 2.24) is 9.59 Å². The van der Waals surface area contributed by atoms with E-state index in [1.165, 1.54) is 43.6 Å². The lowest BCUT2D eigenvalue weighted by molar-refractivity contribution is 0.0155. The molecule has 0 spiro atoms. The summed E-state index contributed by atoms with van der Waals surface area (Å²) in [6.45, 7) is 0.515. The Bertz CT molecular complexity index is 298. The Morgan fingerprint density at radius 2 is 2.20 bits per heavy atom. The van der Waals surface area contributed by atoms with Gasteiger partial charge in [-0.1, -0.05) is 23.8 Å². The van der Waals surface area contributed by atoms with Gasteiger partial charge in [-0.2, -0.15) is 0 Å². The highest BCUT2D eigenvalue weighted by Crippen LogP contribution is 2.23. The van der Waals surface area contributed by atoms with E-state index >= 15 is 0 Å². The van der Waals surface area contributed by atoms with Gasteiger partial charge in [0.15, 0.2) is 0 Å². The number of rotatable bonds is 4. The van der Waals surface area contributed by atoms with Crippen LogP contribution in [0.25, 0.3) is 0 Å². The molecule has 1 fully saturated rings. The third kappa shape index (κ3) is 2.87. The summed E-state index contributed by atoms with van der Waals surface area (Å²) in [6.07, 6.45) is 6.63. The monoisotopic (exact) mass is 228 g/mol. The van der Waals surface area contributed by atoms with E-state index in [1.54, 1.807) is 0 Å². The van der Waals surface area contributed by atoms with Gasteiger partial charge >= 0.3 is 0 Å². The highest BCUT2D eigenvalue weighted by atomic mass is 32.1. The van der Waals surface area contributed by atoms with E-state index in [9.17, 15) is 0 Å². The number of anilines is 1. The number of nitrogens with zero attached hydrogens (tertiary/aromatic N) is 2. The molecule has 84 valence electrons. The van der Waals surface area contributed by atoms with Crippen LogP contribution in [-0.4, -0.2) is 15.7 Å². The topological polar surface area (TPSA) is 73.1 Å². The molecule has 1 aromatic rings. The fraction of sp³-hybridized carbons (Fsp3) is 0.778. The Morgan fingerprint density at radius 3 is 2.93 bits per heavy atom. The average Bonchev–Trinajstić information content (AvgIpc) is 2.75. The molecule has 0 aromatic carbocycles. The molecular formula is C9H16N4OS. The van der Waals surface area contributed by atoms with Crippen LogP contribution in [0.4, 0.5) is 5.00 Å². The van der Waals surface area contributed by atoms with Crippen LogP contribution in [0.15, 0.2) is 0 Å². The first-order valence-electron chi connectivity index (χ1n) is 5.29. The number of nitrogens with one attached hydrogen (secondary N) is 1. The van der Waals surface area contributed by atoms with E-state index in [4.69, 9.17) is 10.6 Å². The quantitative estimate of drug-likeness (QED) is 0.606. The second-order valence-electron chi connectivity index (χ2n) is 3.76. The lowest BCUT2D eigenvalue weighted by Gasteiger charge is -2.21. The van der Waals surface area contributed by atoms with Crippen LogP contribution < -0.4 is 11.3 Å². The molecule has 1 aliphatic carbocycles. The highest BCUT2D eigenvalue weighted by molar-refractivity contribution is 7.10. The molecule has 0 amide bonds. The number of ether oxygens (including phenoxy) is 1. The predicted molar refractivity (Wildman–Crippen MR) is 59.4 cm³/mol. The van der Waals surface area contributed by atoms with Crippen LogP contribution >= 0.6 is 11.5 Å². The van der Waals surface area contributed by atoms with Crippen LogP contribution in [0, 0.1) is 0 Å². The van der Waals surface area contributed by atoms with Crippen molar-refractivity contribution in [2.75, 3.05) is 5.43 Å². The summed E-state index contributed by atoms with van der Waals surface area (Å²) in [5, 5.41) is 4.77. The maximum absolute atomic E-state index is 5.78. The minimum Gasteiger partial charge on any atom is -0.372 e. The summed E-state index contributed by atoms with van der Waals surface area (Å²) < 4.78 is 9.60. The standard InChI is InChI=1S/C9H16N4OS/c10-11-9-8(12-13-15-9)6-14-7-4-2-1-3-5-7/h7,11H,1-6,10H2. The van der Waals surface area contributed by atoms with E-state index in [2.05, 4.69) is 15.0 Å². The zero-order valence-corrected chi connectivity index (χ0v) is 9.42. The fourth-order valence-corrected chi connectivity index (χ4v) is 2.32. The molecule has 3 N–H and O–H groups in total. The third-order valence-corrected chi connectivity index (χ3v) is 3.39. The molecule has 0 atom stereocenters. The molecule has 0 radical (unpaired) electrons. The summed E-state index contributed by atoms with van der Waals surface area (Å²) >= 11 is 1.26. The van der Waals surface area contributed by atoms with Crippen LogP contribution in [0.3, 0.4) is 0 Å². The summed E-state index contributed by atoms with van der Waals surface area (Å²) in [5.74, 6) is 5.33. The molecule has 1 aromatic heterocycles. The number of aromatic nitrogens is 2. The molecule has 0 aliphatic heterocycles. The minimum absolute atomic E-state index is 0.395. The van der Waals surface area contributed by atoms with Crippen molar-refractivity contribution in [1.29, 1.82) is 0 Å². The lowest BCUT2D eigenvalue weighted by Crippen LogP contribution is -2.17. The van der Waals surface area contributed by atoms with Crippen LogP contribution in [-0.2, 0) is 11.3 Å². The molecule has 1 saturated carbocycles. The molecule has 2 rings (SSSR count). The summed E-state index contributed by atoms with van der Waals surface area (Å²) in [5.41, 5.74) is 3.39. The van der Waals surface area contributed by atoms with Gasteiger partial charge in [0, 0.05) is 11.5 Å². The van der Waals surface area contributed by atoms with Crippen molar-refractivity contribution >= 4 is 16.5 Å². The van der Waals surface area contributed by atoms with Crippen LogP contribution in [0.1, 0.15) is 37.8 Å². The van der Waals surface area contributed by atoms with Gasteiger partial charge in [-0.3, -0.25) is 0 Å². The molecule has 6 heteroatoms. The van der Waals surface area contributed by atoms with E-state index in [0.29, 0.717) is 12.7 Å². The van der Waals surface area contributed by atoms with Gasteiger partial charge in [-0.05, 0) is 12.8 Å². The Balaban J connectivity index is 1.81. The Labute approximate surface area is 93.1 Å². The van der Waals surface area contributed by atoms with Crippen molar-refractivity contribution in [3.63, 3.8) is 0 Å². The van der Waals surface area contributed by atoms with Gasteiger partial charge in [0.1, 0.15) is 10.7 Å². The summed E-state index contributed by atoms with van der Waals surface area (Å²) in [4.78, 5) is 0. The zero-order chi connectivity index (χ0) is 10.5. The molecule has 0 saturated heterocycles. The van der Waals surface area contributed by atoms with Crippen molar-refractivity contribution in [3.05, 3.63) is 5.69 Å². The Kier molecular flexibility index (Phi) is 3.87. The molecular weight excluding hydrogens is 212 g/mol. The normalized spacial score (nSPS) is 17.9. The second kappa shape index (κ2) is 5.39. The first kappa shape index (κ1) is 10.8. The van der Waals surface area contributed by atoms with E-state index in [1.807, 2.05) is 0 Å². The lowest BCUT2D eigenvalue weighted by atomic mass is 9.98. The predicted octanol–water partition coefficient (Wildman–Crippen LogP) is 1.67. The number of nitrogen functional groups attached to an aromatic ring is 1. The Hall–Kier alpha value is -0.720. The molecule has 1 aliphatic rings. The molecule has 5 nitrogen and oxygen atoms in total. The summed E-state index contributed by atoms with van der Waals surface area (Å²) in [7, 11) is 0.